The van der Waals surface area contributed by atoms with Gasteiger partial charge < -0.3 is 14.2 Å². The number of likely N-dealkylation sites (N-methyl/N-ethyl adjacent to an activating group) is 1. The van der Waals surface area contributed by atoms with Crippen molar-refractivity contribution < 1.29 is 4.74 Å². The van der Waals surface area contributed by atoms with Gasteiger partial charge in [0.2, 0.25) is 0 Å². The summed E-state index contributed by atoms with van der Waals surface area (Å²) in [5.74, 6) is 1.11. The maximum Gasteiger partial charge on any atom is 0.146 e. The third kappa shape index (κ3) is 1.23. The number of hydrogen-bond acceptors (Lipinski definition) is 2. The summed E-state index contributed by atoms with van der Waals surface area (Å²) in [5, 5.41) is 1.40. The molecule has 2 aromatic rings. The molecule has 1 aromatic carbocycles. The van der Waals surface area contributed by atoms with Gasteiger partial charge in [0.05, 0.1) is 12.1 Å². The zero-order valence-corrected chi connectivity index (χ0v) is 11.0. The Bertz CT molecular complexity index is 642. The van der Waals surface area contributed by atoms with E-state index >= 15 is 0 Å². The summed E-state index contributed by atoms with van der Waals surface area (Å²) >= 11 is 0. The van der Waals surface area contributed by atoms with E-state index in [4.69, 9.17) is 4.74 Å². The molecule has 0 spiro atoms. The van der Waals surface area contributed by atoms with Crippen LogP contribution in [0.5, 0.6) is 5.75 Å². The number of nitrogens with zero attached hydrogens (tertiary/aromatic N) is 2. The second-order valence-electron chi connectivity index (χ2n) is 5.52. The second kappa shape index (κ2) is 3.51. The number of ether oxygens (including phenoxy) is 1. The number of fused-ring (bicyclic) bond motifs is 3. The molecule has 94 valence electrons. The monoisotopic (exact) mass is 242 g/mol. The molecule has 3 heteroatoms. The minimum absolute atomic E-state index is 0.809. The van der Waals surface area contributed by atoms with Crippen molar-refractivity contribution in [3.05, 3.63) is 29.0 Å². The molecule has 3 nitrogen and oxygen atoms in total. The first-order valence-corrected chi connectivity index (χ1v) is 6.70. The Kier molecular flexibility index (Phi) is 2.04. The van der Waals surface area contributed by atoms with Gasteiger partial charge in [0.25, 0.3) is 0 Å². The highest BCUT2D eigenvalue weighted by atomic mass is 16.5. The van der Waals surface area contributed by atoms with Gasteiger partial charge in [0.15, 0.2) is 0 Å². The molecule has 2 aliphatic heterocycles. The predicted octanol–water partition coefficient (Wildman–Crippen LogP) is 2.33. The zero-order valence-electron chi connectivity index (χ0n) is 11.0. The average molecular weight is 242 g/mol. The third-order valence-corrected chi connectivity index (χ3v) is 4.32. The fraction of sp³-hybridized carbons (Fsp3) is 0.467. The normalized spacial score (nSPS) is 18.8. The molecule has 2 aliphatic rings. The SMILES string of the molecule is Cc1ccc2c3c(n4c2c1OCC4)CCN(C)C3. The van der Waals surface area contributed by atoms with Gasteiger partial charge in [-0.15, -0.1) is 0 Å². The largest absolute Gasteiger partial charge is 0.489 e. The van der Waals surface area contributed by atoms with Crippen LogP contribution in [0.4, 0.5) is 0 Å². The summed E-state index contributed by atoms with van der Waals surface area (Å²) in [6.07, 6.45) is 1.17. The Morgan fingerprint density at radius 3 is 3.00 bits per heavy atom. The lowest BCUT2D eigenvalue weighted by molar-refractivity contribution is 0.275. The van der Waals surface area contributed by atoms with Crippen molar-refractivity contribution in [3.8, 4) is 5.75 Å². The van der Waals surface area contributed by atoms with Gasteiger partial charge >= 0.3 is 0 Å². The summed E-state index contributed by atoms with van der Waals surface area (Å²) in [4.78, 5) is 2.41. The summed E-state index contributed by atoms with van der Waals surface area (Å²) in [5.41, 5.74) is 5.65. The molecule has 3 heterocycles. The fourth-order valence-corrected chi connectivity index (χ4v) is 3.41. The molecular formula is C15H18N2O. The van der Waals surface area contributed by atoms with E-state index in [1.165, 1.54) is 35.0 Å². The van der Waals surface area contributed by atoms with E-state index in [-0.39, 0.29) is 0 Å². The van der Waals surface area contributed by atoms with Crippen molar-refractivity contribution in [1.29, 1.82) is 0 Å². The van der Waals surface area contributed by atoms with Crippen molar-refractivity contribution in [2.45, 2.75) is 26.4 Å². The average Bonchev–Trinajstić information content (AvgIpc) is 2.69. The van der Waals surface area contributed by atoms with E-state index in [9.17, 15) is 0 Å². The number of rotatable bonds is 0. The molecule has 0 aliphatic carbocycles. The lowest BCUT2D eigenvalue weighted by Crippen LogP contribution is -2.28. The lowest BCUT2D eigenvalue weighted by Gasteiger charge is -2.25. The first-order valence-electron chi connectivity index (χ1n) is 6.70. The Hall–Kier alpha value is -1.48. The standard InChI is InChI=1S/C15H18N2O/c1-10-3-4-11-12-9-16(2)6-5-13(12)17-7-8-18-15(10)14(11)17/h3-4H,5-9H2,1-2H3. The molecule has 0 amide bonds. The summed E-state index contributed by atoms with van der Waals surface area (Å²) in [7, 11) is 2.21. The Morgan fingerprint density at radius 2 is 2.11 bits per heavy atom. The van der Waals surface area contributed by atoms with Crippen LogP contribution in [0.3, 0.4) is 0 Å². The molecular weight excluding hydrogens is 224 g/mol. The van der Waals surface area contributed by atoms with Crippen LogP contribution >= 0.6 is 0 Å². The van der Waals surface area contributed by atoms with E-state index in [1.807, 2.05) is 0 Å². The Labute approximate surface area is 107 Å². The van der Waals surface area contributed by atoms with Crippen LogP contribution in [-0.2, 0) is 19.5 Å². The molecule has 0 N–H and O–H groups in total. The maximum absolute atomic E-state index is 5.90. The van der Waals surface area contributed by atoms with Crippen LogP contribution < -0.4 is 4.74 Å². The van der Waals surface area contributed by atoms with Gasteiger partial charge in [-0.2, -0.15) is 0 Å². The number of aryl methyl sites for hydroxylation is 1. The molecule has 1 aromatic heterocycles. The van der Waals surface area contributed by atoms with Crippen LogP contribution in [-0.4, -0.2) is 29.7 Å². The molecule has 18 heavy (non-hydrogen) atoms. The van der Waals surface area contributed by atoms with E-state index < -0.39 is 0 Å². The van der Waals surface area contributed by atoms with Crippen molar-refractivity contribution >= 4 is 10.9 Å². The van der Waals surface area contributed by atoms with Crippen LogP contribution in [0.2, 0.25) is 0 Å². The van der Waals surface area contributed by atoms with Crippen LogP contribution in [0.1, 0.15) is 16.8 Å². The van der Waals surface area contributed by atoms with Gasteiger partial charge in [-0.25, -0.2) is 0 Å². The van der Waals surface area contributed by atoms with Crippen LogP contribution in [0, 0.1) is 6.92 Å². The van der Waals surface area contributed by atoms with Gasteiger partial charge in [-0.3, -0.25) is 0 Å². The minimum atomic E-state index is 0.809. The number of hydrogen-bond donors (Lipinski definition) is 0. The van der Waals surface area contributed by atoms with Gasteiger partial charge in [-0.1, -0.05) is 12.1 Å². The molecule has 0 atom stereocenters. The number of benzene rings is 1. The highest BCUT2D eigenvalue weighted by molar-refractivity contribution is 5.92. The number of aromatic nitrogens is 1. The quantitative estimate of drug-likeness (QED) is 0.705. The minimum Gasteiger partial charge on any atom is -0.489 e. The van der Waals surface area contributed by atoms with E-state index in [0.717, 1.165) is 25.4 Å². The van der Waals surface area contributed by atoms with Crippen molar-refractivity contribution in [3.63, 3.8) is 0 Å². The van der Waals surface area contributed by atoms with Crippen LogP contribution in [0.15, 0.2) is 12.1 Å². The smallest absolute Gasteiger partial charge is 0.146 e. The molecule has 0 saturated heterocycles. The van der Waals surface area contributed by atoms with Crippen molar-refractivity contribution in [1.82, 2.24) is 9.47 Å². The van der Waals surface area contributed by atoms with Crippen molar-refractivity contribution in [2.24, 2.45) is 0 Å². The first kappa shape index (κ1) is 10.4. The van der Waals surface area contributed by atoms with Gasteiger partial charge in [0.1, 0.15) is 12.4 Å². The molecule has 0 radical (unpaired) electrons. The zero-order chi connectivity index (χ0) is 12.3. The molecule has 0 saturated carbocycles. The summed E-state index contributed by atoms with van der Waals surface area (Å²) < 4.78 is 8.40. The third-order valence-electron chi connectivity index (χ3n) is 4.32. The molecule has 0 unspecified atom stereocenters. The predicted molar refractivity (Wildman–Crippen MR) is 72.2 cm³/mol. The van der Waals surface area contributed by atoms with E-state index in [2.05, 4.69) is 35.6 Å². The second-order valence-corrected chi connectivity index (χ2v) is 5.52. The van der Waals surface area contributed by atoms with Crippen LogP contribution in [0.25, 0.3) is 10.9 Å². The topological polar surface area (TPSA) is 17.4 Å². The lowest BCUT2D eigenvalue weighted by atomic mass is 10.0. The van der Waals surface area contributed by atoms with E-state index in [1.54, 1.807) is 5.69 Å². The summed E-state index contributed by atoms with van der Waals surface area (Å²) in [6, 6.07) is 4.47. The van der Waals surface area contributed by atoms with E-state index in [0.29, 0.717) is 0 Å². The molecule has 4 rings (SSSR count). The molecule has 0 bridgehead atoms. The first-order chi connectivity index (χ1) is 8.75. The van der Waals surface area contributed by atoms with Crippen molar-refractivity contribution in [2.75, 3.05) is 20.2 Å². The maximum atomic E-state index is 5.90. The molecule has 0 fully saturated rings. The highest BCUT2D eigenvalue weighted by Gasteiger charge is 2.26. The summed E-state index contributed by atoms with van der Waals surface area (Å²) in [6.45, 7) is 6.19. The highest BCUT2D eigenvalue weighted by Crippen LogP contribution is 2.39. The van der Waals surface area contributed by atoms with Gasteiger partial charge in [0, 0.05) is 30.6 Å². The Balaban J connectivity index is 2.10. The fourth-order valence-electron chi connectivity index (χ4n) is 3.41. The van der Waals surface area contributed by atoms with Gasteiger partial charge in [-0.05, 0) is 25.1 Å². The Morgan fingerprint density at radius 1 is 1.22 bits per heavy atom.